The minimum Gasteiger partial charge on any atom is -0.464 e. The van der Waals surface area contributed by atoms with Gasteiger partial charge in [-0.15, -0.1) is 0 Å². The number of aromatic nitrogens is 3. The first kappa shape index (κ1) is 11.3. The van der Waals surface area contributed by atoms with Crippen LogP contribution in [0.5, 0.6) is 0 Å². The van der Waals surface area contributed by atoms with Crippen LogP contribution in [0.4, 0.5) is 0 Å². The Morgan fingerprint density at radius 2 is 2.22 bits per heavy atom. The predicted octanol–water partition coefficient (Wildman–Crippen LogP) is 2.60. The van der Waals surface area contributed by atoms with E-state index in [1.165, 1.54) is 7.11 Å². The molecule has 5 nitrogen and oxygen atoms in total. The Balaban J connectivity index is 2.37. The molecule has 0 aliphatic heterocycles. The maximum atomic E-state index is 11.6. The van der Waals surface area contributed by atoms with E-state index in [1.807, 2.05) is 13.1 Å². The molecule has 18 heavy (non-hydrogen) atoms. The molecule has 0 bridgehead atoms. The second kappa shape index (κ2) is 3.84. The number of aromatic amines is 1. The number of fused-ring (bicyclic) bond motifs is 3. The van der Waals surface area contributed by atoms with Crippen molar-refractivity contribution in [2.24, 2.45) is 7.05 Å². The predicted molar refractivity (Wildman–Crippen MR) is 71.6 cm³/mol. The molecule has 3 aromatic rings. The Morgan fingerprint density at radius 1 is 1.44 bits per heavy atom. The topological polar surface area (TPSA) is 59.9 Å². The van der Waals surface area contributed by atoms with Gasteiger partial charge in [0.1, 0.15) is 11.2 Å². The van der Waals surface area contributed by atoms with Gasteiger partial charge >= 0.3 is 5.97 Å². The first-order valence-electron chi connectivity index (χ1n) is 5.33. The lowest BCUT2D eigenvalue weighted by Crippen LogP contribution is -2.07. The Bertz CT molecular complexity index is 772. The number of H-pyrrole nitrogens is 1. The average Bonchev–Trinajstić information content (AvgIpc) is 2.85. The number of carbonyl (C=O) groups excluding carboxylic acids is 1. The summed E-state index contributed by atoms with van der Waals surface area (Å²) in [5, 5.41) is 0. The fourth-order valence-corrected chi connectivity index (χ4v) is 2.48. The summed E-state index contributed by atoms with van der Waals surface area (Å²) in [4.78, 5) is 19.2. The van der Waals surface area contributed by atoms with Gasteiger partial charge in [0.05, 0.1) is 23.7 Å². The average molecular weight is 308 g/mol. The number of methoxy groups -OCH3 is 1. The number of ether oxygens (including phenoxy) is 1. The lowest BCUT2D eigenvalue weighted by atomic mass is 10.3. The molecule has 0 aliphatic rings. The molecule has 92 valence electrons. The van der Waals surface area contributed by atoms with Gasteiger partial charge in [0.15, 0.2) is 0 Å². The Kier molecular flexibility index (Phi) is 2.41. The highest BCUT2D eigenvalue weighted by Gasteiger charge is 2.17. The van der Waals surface area contributed by atoms with Crippen molar-refractivity contribution < 1.29 is 9.53 Å². The summed E-state index contributed by atoms with van der Waals surface area (Å²) in [6.07, 6.45) is 1.74. The number of nitrogens with one attached hydrogen (secondary N) is 1. The smallest absolute Gasteiger partial charge is 0.354 e. The zero-order valence-electron chi connectivity index (χ0n) is 9.82. The minimum absolute atomic E-state index is 0.354. The summed E-state index contributed by atoms with van der Waals surface area (Å²) in [5.74, 6) is -0.354. The molecule has 0 atom stereocenters. The summed E-state index contributed by atoms with van der Waals surface area (Å²) in [7, 11) is 3.20. The van der Waals surface area contributed by atoms with E-state index in [9.17, 15) is 4.79 Å². The number of aryl methyl sites for hydroxylation is 1. The van der Waals surface area contributed by atoms with Crippen LogP contribution in [-0.4, -0.2) is 27.6 Å². The fourth-order valence-electron chi connectivity index (χ4n) is 2.15. The normalized spacial score (nSPS) is 11.3. The Hall–Kier alpha value is -1.82. The summed E-state index contributed by atoms with van der Waals surface area (Å²) in [5.41, 5.74) is 4.05. The van der Waals surface area contributed by atoms with Crippen LogP contribution in [0.2, 0.25) is 0 Å². The number of pyridine rings is 1. The van der Waals surface area contributed by atoms with E-state index >= 15 is 0 Å². The Labute approximate surface area is 111 Å². The fraction of sp³-hybridized carbons (Fsp3) is 0.167. The SMILES string of the molecule is COC(=O)c1cc2[nH]c3cc(Br)cnc3c2n1C. The number of halogens is 1. The maximum absolute atomic E-state index is 11.6. The van der Waals surface area contributed by atoms with Crippen molar-refractivity contribution in [1.29, 1.82) is 0 Å². The number of nitrogens with zero attached hydrogens (tertiary/aromatic N) is 2. The van der Waals surface area contributed by atoms with Crippen LogP contribution in [0, 0.1) is 0 Å². The van der Waals surface area contributed by atoms with Gasteiger partial charge < -0.3 is 14.3 Å². The summed E-state index contributed by atoms with van der Waals surface area (Å²) >= 11 is 3.38. The molecular formula is C12H10BrN3O2. The third-order valence-electron chi connectivity index (χ3n) is 2.98. The minimum atomic E-state index is -0.354. The summed E-state index contributed by atoms with van der Waals surface area (Å²) in [6.45, 7) is 0. The quantitative estimate of drug-likeness (QED) is 0.703. The molecule has 3 aromatic heterocycles. The van der Waals surface area contributed by atoms with Crippen LogP contribution in [0.15, 0.2) is 22.8 Å². The van der Waals surface area contributed by atoms with Crippen LogP contribution in [0.25, 0.3) is 22.1 Å². The van der Waals surface area contributed by atoms with Crippen molar-refractivity contribution in [2.45, 2.75) is 0 Å². The van der Waals surface area contributed by atoms with Gasteiger partial charge in [-0.2, -0.15) is 0 Å². The standard InChI is InChI=1S/C12H10BrN3O2/c1-16-9(12(17)18-2)4-8-11(16)10-7(15-8)3-6(13)5-14-10/h3-5,15H,1-2H3. The van der Waals surface area contributed by atoms with E-state index in [-0.39, 0.29) is 5.97 Å². The molecule has 0 fully saturated rings. The van der Waals surface area contributed by atoms with E-state index in [2.05, 4.69) is 25.9 Å². The molecule has 0 saturated carbocycles. The number of hydrogen-bond donors (Lipinski definition) is 1. The third-order valence-corrected chi connectivity index (χ3v) is 3.41. The molecular weight excluding hydrogens is 298 g/mol. The number of rotatable bonds is 1. The van der Waals surface area contributed by atoms with Gasteiger partial charge in [-0.1, -0.05) is 0 Å². The van der Waals surface area contributed by atoms with Crippen molar-refractivity contribution in [3.8, 4) is 0 Å². The molecule has 0 aromatic carbocycles. The molecule has 0 saturated heterocycles. The van der Waals surface area contributed by atoms with E-state index < -0.39 is 0 Å². The zero-order valence-corrected chi connectivity index (χ0v) is 11.4. The highest BCUT2D eigenvalue weighted by molar-refractivity contribution is 9.10. The van der Waals surface area contributed by atoms with Crippen LogP contribution < -0.4 is 0 Å². The van der Waals surface area contributed by atoms with Crippen LogP contribution in [0.1, 0.15) is 10.5 Å². The highest BCUT2D eigenvalue weighted by Crippen LogP contribution is 2.28. The van der Waals surface area contributed by atoms with Crippen molar-refractivity contribution in [3.05, 3.63) is 28.5 Å². The first-order chi connectivity index (χ1) is 8.61. The van der Waals surface area contributed by atoms with Crippen molar-refractivity contribution in [2.75, 3.05) is 7.11 Å². The monoisotopic (exact) mass is 307 g/mol. The van der Waals surface area contributed by atoms with Gasteiger partial charge in [0, 0.05) is 17.7 Å². The van der Waals surface area contributed by atoms with E-state index in [0.717, 1.165) is 26.5 Å². The number of hydrogen-bond acceptors (Lipinski definition) is 3. The molecule has 0 spiro atoms. The van der Waals surface area contributed by atoms with Gasteiger partial charge in [-0.05, 0) is 28.1 Å². The molecule has 3 heterocycles. The molecule has 0 aliphatic carbocycles. The maximum Gasteiger partial charge on any atom is 0.354 e. The van der Waals surface area contributed by atoms with E-state index in [4.69, 9.17) is 4.74 Å². The lowest BCUT2D eigenvalue weighted by Gasteiger charge is -2.01. The van der Waals surface area contributed by atoms with E-state index in [0.29, 0.717) is 5.69 Å². The van der Waals surface area contributed by atoms with Crippen molar-refractivity contribution in [1.82, 2.24) is 14.5 Å². The molecule has 1 N–H and O–H groups in total. The van der Waals surface area contributed by atoms with Gasteiger partial charge in [-0.3, -0.25) is 4.98 Å². The van der Waals surface area contributed by atoms with Crippen molar-refractivity contribution in [3.63, 3.8) is 0 Å². The highest BCUT2D eigenvalue weighted by atomic mass is 79.9. The summed E-state index contributed by atoms with van der Waals surface area (Å²) in [6, 6.07) is 3.73. The van der Waals surface area contributed by atoms with Crippen LogP contribution >= 0.6 is 15.9 Å². The van der Waals surface area contributed by atoms with Crippen molar-refractivity contribution >= 4 is 44.0 Å². The van der Waals surface area contributed by atoms with Crippen LogP contribution in [0.3, 0.4) is 0 Å². The Morgan fingerprint density at radius 3 is 2.94 bits per heavy atom. The van der Waals surface area contributed by atoms with E-state index in [1.54, 1.807) is 16.8 Å². The largest absolute Gasteiger partial charge is 0.464 e. The van der Waals surface area contributed by atoms with Gasteiger partial charge in [0.25, 0.3) is 0 Å². The first-order valence-corrected chi connectivity index (χ1v) is 6.12. The molecule has 0 amide bonds. The second-order valence-electron chi connectivity index (χ2n) is 4.02. The molecule has 0 unspecified atom stereocenters. The lowest BCUT2D eigenvalue weighted by molar-refractivity contribution is 0.0590. The molecule has 6 heteroatoms. The van der Waals surface area contributed by atoms with Gasteiger partial charge in [0.2, 0.25) is 0 Å². The summed E-state index contributed by atoms with van der Waals surface area (Å²) < 4.78 is 7.45. The zero-order chi connectivity index (χ0) is 12.9. The third kappa shape index (κ3) is 1.45. The van der Waals surface area contributed by atoms with Gasteiger partial charge in [-0.25, -0.2) is 4.79 Å². The number of carbonyl (C=O) groups is 1. The molecule has 3 rings (SSSR count). The molecule has 0 radical (unpaired) electrons. The second-order valence-corrected chi connectivity index (χ2v) is 4.93. The van der Waals surface area contributed by atoms with Crippen LogP contribution in [-0.2, 0) is 11.8 Å². The number of esters is 1.